The highest BCUT2D eigenvalue weighted by Gasteiger charge is 2.12. The zero-order valence-corrected chi connectivity index (χ0v) is 12.1. The molecule has 3 nitrogen and oxygen atoms in total. The number of ketones is 1. The van der Waals surface area contributed by atoms with Gasteiger partial charge in [-0.05, 0) is 19.1 Å². The molecular weight excluding hydrogens is 228 g/mol. The van der Waals surface area contributed by atoms with Crippen LogP contribution in [0.25, 0.3) is 0 Å². The van der Waals surface area contributed by atoms with Gasteiger partial charge in [0.15, 0.2) is 14.7 Å². The summed E-state index contributed by atoms with van der Waals surface area (Å²) >= 11 is 0. The molecule has 1 aromatic carbocycles. The third-order valence-corrected chi connectivity index (χ3v) is 3.88. The maximum absolute atomic E-state index is 11.6. The van der Waals surface area contributed by atoms with E-state index in [2.05, 4.69) is 18.2 Å². The summed E-state index contributed by atoms with van der Waals surface area (Å²) in [6.07, 6.45) is 0.512. The van der Waals surface area contributed by atoms with Crippen molar-refractivity contribution in [1.29, 1.82) is 0 Å². The number of anilines is 1. The molecule has 1 rings (SSSR count). The third kappa shape index (κ3) is 3.82. The van der Waals surface area contributed by atoms with Crippen LogP contribution < -0.4 is 4.67 Å². The molecule has 0 aliphatic carbocycles. The van der Waals surface area contributed by atoms with Crippen molar-refractivity contribution in [3.8, 4) is 0 Å². The fourth-order valence-electron chi connectivity index (χ4n) is 1.53. The summed E-state index contributed by atoms with van der Waals surface area (Å²) in [5.41, 5.74) is 1.66. The Balaban J connectivity index is 3.00. The zero-order chi connectivity index (χ0) is 12.8. The number of hydrogen-bond donors (Lipinski definition) is 0. The minimum absolute atomic E-state index is 0.112. The number of carbonyl (C=O) groups is 1. The van der Waals surface area contributed by atoms with Crippen LogP contribution in [0.15, 0.2) is 35.4 Å². The van der Waals surface area contributed by atoms with Gasteiger partial charge in [0.25, 0.3) is 0 Å². The first-order chi connectivity index (χ1) is 8.06. The second kappa shape index (κ2) is 6.35. The molecule has 0 fully saturated rings. The number of hydrogen-bond acceptors (Lipinski definition) is 3. The van der Waals surface area contributed by atoms with Crippen LogP contribution in [-0.4, -0.2) is 20.5 Å². The topological polar surface area (TPSA) is 32.7 Å². The molecule has 92 valence electrons. The lowest BCUT2D eigenvalue weighted by Crippen LogP contribution is -2.31. The van der Waals surface area contributed by atoms with Crippen molar-refractivity contribution in [1.82, 2.24) is 0 Å². The van der Waals surface area contributed by atoms with Gasteiger partial charge in [-0.15, -0.1) is 0 Å². The lowest BCUT2D eigenvalue weighted by Gasteiger charge is -2.23. The van der Waals surface area contributed by atoms with Gasteiger partial charge in [-0.2, -0.15) is 5.10 Å². The minimum Gasteiger partial charge on any atom is -0.298 e. The van der Waals surface area contributed by atoms with Crippen LogP contribution in [0.3, 0.4) is 0 Å². The molecule has 0 aliphatic heterocycles. The number of Topliss-reactive ketones (excluding diaryl/α,β-unsaturated/α-hetero) is 1. The highest BCUT2D eigenvalue weighted by atomic mass is 28.3. The summed E-state index contributed by atoms with van der Waals surface area (Å²) in [4.78, 5) is 11.6. The molecule has 0 heterocycles. The summed E-state index contributed by atoms with van der Waals surface area (Å²) in [7, 11) is -1.13. The van der Waals surface area contributed by atoms with Crippen molar-refractivity contribution in [3.63, 3.8) is 0 Å². The molecule has 0 spiro atoms. The van der Waals surface area contributed by atoms with Crippen molar-refractivity contribution in [3.05, 3.63) is 30.3 Å². The molecule has 0 saturated carbocycles. The van der Waals surface area contributed by atoms with E-state index < -0.39 is 8.96 Å². The van der Waals surface area contributed by atoms with Crippen LogP contribution >= 0.6 is 0 Å². The summed E-state index contributed by atoms with van der Waals surface area (Å²) in [6, 6.07) is 10.0. The number of nitrogens with zero attached hydrogens (tertiary/aromatic N) is 2. The number of benzene rings is 1. The first kappa shape index (κ1) is 13.6. The Hall–Kier alpha value is -1.42. The van der Waals surface area contributed by atoms with Crippen molar-refractivity contribution >= 4 is 26.1 Å². The fraction of sp³-hybridized carbons (Fsp3) is 0.385. The fourth-order valence-corrected chi connectivity index (χ4v) is 2.70. The monoisotopic (exact) mass is 248 g/mol. The maximum Gasteiger partial charge on any atom is 0.178 e. The van der Waals surface area contributed by atoms with E-state index in [-0.39, 0.29) is 5.78 Å². The second-order valence-electron chi connectivity index (χ2n) is 4.24. The molecule has 0 atom stereocenters. The molecule has 0 aromatic heterocycles. The van der Waals surface area contributed by atoms with E-state index in [1.54, 1.807) is 6.92 Å². The molecule has 0 saturated heterocycles. The van der Waals surface area contributed by atoms with E-state index in [1.165, 1.54) is 0 Å². The maximum atomic E-state index is 11.6. The van der Waals surface area contributed by atoms with E-state index in [0.29, 0.717) is 12.1 Å². The van der Waals surface area contributed by atoms with Crippen molar-refractivity contribution in [2.45, 2.75) is 33.4 Å². The standard InChI is InChI=1S/C13H20N2OSi/c1-5-13(16)11(2)14-15(17(3)4)12-9-7-6-8-10-12/h6-10,17H,5H2,1-4H3. The number of rotatable bonds is 5. The van der Waals surface area contributed by atoms with Gasteiger partial charge in [-0.25, -0.2) is 0 Å². The van der Waals surface area contributed by atoms with Crippen molar-refractivity contribution < 1.29 is 4.79 Å². The normalized spacial score (nSPS) is 11.7. The van der Waals surface area contributed by atoms with Crippen LogP contribution in [0.4, 0.5) is 5.69 Å². The lowest BCUT2D eigenvalue weighted by atomic mass is 10.2. The predicted molar refractivity (Wildman–Crippen MR) is 76.2 cm³/mol. The second-order valence-corrected chi connectivity index (χ2v) is 6.91. The van der Waals surface area contributed by atoms with Crippen LogP contribution in [0, 0.1) is 0 Å². The van der Waals surface area contributed by atoms with Gasteiger partial charge < -0.3 is 0 Å². The minimum atomic E-state index is -1.13. The Morgan fingerprint density at radius 2 is 1.88 bits per heavy atom. The molecule has 0 amide bonds. The van der Waals surface area contributed by atoms with Crippen LogP contribution in [-0.2, 0) is 4.79 Å². The molecule has 0 radical (unpaired) electrons. The van der Waals surface area contributed by atoms with E-state index in [9.17, 15) is 4.79 Å². The zero-order valence-electron chi connectivity index (χ0n) is 11.0. The molecule has 0 bridgehead atoms. The van der Waals surface area contributed by atoms with Gasteiger partial charge in [0.1, 0.15) is 0 Å². The predicted octanol–water partition coefficient (Wildman–Crippen LogP) is 2.83. The smallest absolute Gasteiger partial charge is 0.178 e. The van der Waals surface area contributed by atoms with Crippen molar-refractivity contribution in [2.24, 2.45) is 5.10 Å². The Morgan fingerprint density at radius 1 is 1.29 bits per heavy atom. The highest BCUT2D eigenvalue weighted by Crippen LogP contribution is 2.15. The van der Waals surface area contributed by atoms with Crippen LogP contribution in [0.2, 0.25) is 13.1 Å². The van der Waals surface area contributed by atoms with Gasteiger partial charge in [-0.1, -0.05) is 38.2 Å². The van der Waals surface area contributed by atoms with E-state index in [0.717, 1.165) is 5.69 Å². The largest absolute Gasteiger partial charge is 0.298 e. The Bertz CT molecular complexity index is 401. The SMILES string of the molecule is CCC(=O)C(C)=NN(c1ccccc1)[SiH](C)C. The quantitative estimate of drug-likeness (QED) is 0.456. The van der Waals surface area contributed by atoms with Gasteiger partial charge in [0, 0.05) is 12.1 Å². The van der Waals surface area contributed by atoms with Crippen LogP contribution in [0.1, 0.15) is 20.3 Å². The Labute approximate surface area is 105 Å². The van der Waals surface area contributed by atoms with Gasteiger partial charge in [0.05, 0.1) is 5.71 Å². The molecule has 1 aromatic rings. The summed E-state index contributed by atoms with van der Waals surface area (Å²) < 4.78 is 2.02. The average Bonchev–Trinajstić information content (AvgIpc) is 2.35. The van der Waals surface area contributed by atoms with Gasteiger partial charge in [-0.3, -0.25) is 9.47 Å². The van der Waals surface area contributed by atoms with E-state index >= 15 is 0 Å². The Morgan fingerprint density at radius 3 is 2.35 bits per heavy atom. The molecule has 0 aliphatic rings. The average molecular weight is 248 g/mol. The summed E-state index contributed by atoms with van der Waals surface area (Å²) in [5, 5.41) is 4.48. The van der Waals surface area contributed by atoms with E-state index in [1.807, 2.05) is 41.9 Å². The van der Waals surface area contributed by atoms with Gasteiger partial charge >= 0.3 is 0 Å². The summed E-state index contributed by atoms with van der Waals surface area (Å²) in [6.45, 7) is 8.04. The molecule has 0 unspecified atom stereocenters. The number of para-hydroxylation sites is 1. The number of hydrazone groups is 1. The van der Waals surface area contributed by atoms with E-state index in [4.69, 9.17) is 0 Å². The molecular formula is C13H20N2OSi. The molecule has 0 N–H and O–H groups in total. The molecule has 4 heteroatoms. The Kier molecular flexibility index (Phi) is 5.09. The van der Waals surface area contributed by atoms with Crippen LogP contribution in [0.5, 0.6) is 0 Å². The van der Waals surface area contributed by atoms with Crippen molar-refractivity contribution in [2.75, 3.05) is 4.67 Å². The highest BCUT2D eigenvalue weighted by molar-refractivity contribution is 6.60. The molecule has 17 heavy (non-hydrogen) atoms. The van der Waals surface area contributed by atoms with Gasteiger partial charge in [0.2, 0.25) is 0 Å². The third-order valence-electron chi connectivity index (χ3n) is 2.49. The number of carbonyl (C=O) groups excluding carboxylic acids is 1. The lowest BCUT2D eigenvalue weighted by molar-refractivity contribution is -0.112. The first-order valence-electron chi connectivity index (χ1n) is 5.99. The summed E-state index contributed by atoms with van der Waals surface area (Å²) in [5.74, 6) is 0.112. The first-order valence-corrected chi connectivity index (χ1v) is 8.81.